The van der Waals surface area contributed by atoms with Crippen LogP contribution < -0.4 is 10.6 Å². The molecule has 0 amide bonds. The second-order valence-corrected chi connectivity index (χ2v) is 5.35. The van der Waals surface area contributed by atoms with Crippen molar-refractivity contribution in [3.8, 4) is 6.07 Å². The van der Waals surface area contributed by atoms with Crippen LogP contribution in [-0.4, -0.2) is 17.5 Å². The van der Waals surface area contributed by atoms with E-state index in [1.807, 2.05) is 0 Å². The topological polar surface area (TPSA) is 65.9 Å². The molecule has 0 aromatic carbocycles. The molecule has 0 saturated carbocycles. The van der Waals surface area contributed by atoms with Crippen LogP contribution in [0.4, 0.5) is 10.8 Å². The zero-order chi connectivity index (χ0) is 11.7. The monoisotopic (exact) mass is 236 g/mol. The molecule has 1 fully saturated rings. The first kappa shape index (κ1) is 11.2. The van der Waals surface area contributed by atoms with Crippen LogP contribution in [0.15, 0.2) is 0 Å². The second kappa shape index (κ2) is 4.30. The van der Waals surface area contributed by atoms with Gasteiger partial charge in [0.15, 0.2) is 5.82 Å². The summed E-state index contributed by atoms with van der Waals surface area (Å²) in [5, 5.41) is 9.98. The Bertz CT molecular complexity index is 418. The highest BCUT2D eigenvalue weighted by atomic mass is 32.1. The van der Waals surface area contributed by atoms with Crippen LogP contribution in [0.5, 0.6) is 0 Å². The summed E-state index contributed by atoms with van der Waals surface area (Å²) in [7, 11) is 0. The second-order valence-electron chi connectivity index (χ2n) is 4.60. The largest absolute Gasteiger partial charge is 0.382 e. The molecule has 16 heavy (non-hydrogen) atoms. The first-order valence-electron chi connectivity index (χ1n) is 5.53. The maximum absolute atomic E-state index is 9.03. The number of nitrogens with zero attached hydrogens (tertiary/aromatic N) is 3. The number of anilines is 2. The first-order valence-corrected chi connectivity index (χ1v) is 6.31. The van der Waals surface area contributed by atoms with Crippen molar-refractivity contribution < 1.29 is 0 Å². The molecule has 5 heteroatoms. The van der Waals surface area contributed by atoms with E-state index in [0.717, 1.165) is 24.0 Å². The van der Waals surface area contributed by atoms with Crippen LogP contribution in [-0.2, 0) is 0 Å². The molecule has 0 bridgehead atoms. The number of aromatic nitrogens is 1. The van der Waals surface area contributed by atoms with Crippen molar-refractivity contribution in [1.82, 2.24) is 4.37 Å². The minimum absolute atomic E-state index is 0.371. The molecule has 1 aromatic rings. The predicted molar refractivity (Wildman–Crippen MR) is 66.4 cm³/mol. The lowest BCUT2D eigenvalue weighted by Crippen LogP contribution is -2.21. The fourth-order valence-corrected chi connectivity index (χ4v) is 2.93. The molecule has 0 aliphatic carbocycles. The van der Waals surface area contributed by atoms with E-state index in [2.05, 4.69) is 29.2 Å². The molecule has 2 heterocycles. The Kier molecular flexibility index (Phi) is 3.01. The SMILES string of the molecule is CC(C)C1CCN(c2snc(N)c2C#N)C1. The highest BCUT2D eigenvalue weighted by Gasteiger charge is 2.28. The average molecular weight is 236 g/mol. The summed E-state index contributed by atoms with van der Waals surface area (Å²) in [4.78, 5) is 2.25. The fraction of sp³-hybridized carbons (Fsp3) is 0.636. The van der Waals surface area contributed by atoms with E-state index in [1.54, 1.807) is 0 Å². The summed E-state index contributed by atoms with van der Waals surface area (Å²) in [6.45, 7) is 6.54. The van der Waals surface area contributed by atoms with Crippen LogP contribution in [0.1, 0.15) is 25.8 Å². The summed E-state index contributed by atoms with van der Waals surface area (Å²) in [6.07, 6.45) is 1.19. The standard InChI is InChI=1S/C11H16N4S/c1-7(2)8-3-4-15(6-8)11-9(5-12)10(13)14-16-11/h7-8H,3-4,6H2,1-2H3,(H2,13,14). The Morgan fingerprint density at radius 2 is 2.38 bits per heavy atom. The van der Waals surface area contributed by atoms with Gasteiger partial charge in [-0.2, -0.15) is 9.64 Å². The lowest BCUT2D eigenvalue weighted by Gasteiger charge is -2.17. The molecule has 86 valence electrons. The Hall–Kier alpha value is -1.28. The van der Waals surface area contributed by atoms with Crippen LogP contribution >= 0.6 is 11.5 Å². The van der Waals surface area contributed by atoms with Crippen molar-refractivity contribution in [3.63, 3.8) is 0 Å². The molecule has 0 spiro atoms. The van der Waals surface area contributed by atoms with Crippen molar-refractivity contribution in [2.75, 3.05) is 23.7 Å². The maximum Gasteiger partial charge on any atom is 0.157 e. The molecule has 1 unspecified atom stereocenters. The smallest absolute Gasteiger partial charge is 0.157 e. The number of nitriles is 1. The summed E-state index contributed by atoms with van der Waals surface area (Å²) in [5.41, 5.74) is 6.21. The minimum atomic E-state index is 0.371. The Morgan fingerprint density at radius 3 is 2.94 bits per heavy atom. The van der Waals surface area contributed by atoms with Crippen molar-refractivity contribution in [2.45, 2.75) is 20.3 Å². The quantitative estimate of drug-likeness (QED) is 0.853. The number of nitrogen functional groups attached to an aromatic ring is 1. The van der Waals surface area contributed by atoms with Crippen LogP contribution in [0.25, 0.3) is 0 Å². The van der Waals surface area contributed by atoms with Gasteiger partial charge in [0.2, 0.25) is 0 Å². The van der Waals surface area contributed by atoms with Gasteiger partial charge in [0, 0.05) is 13.1 Å². The zero-order valence-electron chi connectivity index (χ0n) is 9.60. The van der Waals surface area contributed by atoms with Crippen molar-refractivity contribution in [3.05, 3.63) is 5.56 Å². The zero-order valence-corrected chi connectivity index (χ0v) is 10.4. The minimum Gasteiger partial charge on any atom is -0.382 e. The molecule has 0 radical (unpaired) electrons. The van der Waals surface area contributed by atoms with E-state index in [4.69, 9.17) is 11.0 Å². The Labute approximate surface area is 99.8 Å². The summed E-state index contributed by atoms with van der Waals surface area (Å²) >= 11 is 1.34. The third-order valence-electron chi connectivity index (χ3n) is 3.27. The summed E-state index contributed by atoms with van der Waals surface area (Å²) in [5.74, 6) is 1.78. The molecule has 1 saturated heterocycles. The Morgan fingerprint density at radius 1 is 1.62 bits per heavy atom. The predicted octanol–water partition coefficient (Wildman–Crippen LogP) is 2.08. The van der Waals surface area contributed by atoms with E-state index in [0.29, 0.717) is 17.3 Å². The molecular weight excluding hydrogens is 220 g/mol. The third-order valence-corrected chi connectivity index (χ3v) is 4.19. The van der Waals surface area contributed by atoms with Crippen LogP contribution in [0.3, 0.4) is 0 Å². The molecule has 1 aliphatic heterocycles. The van der Waals surface area contributed by atoms with Gasteiger partial charge in [-0.05, 0) is 29.8 Å². The highest BCUT2D eigenvalue weighted by molar-refractivity contribution is 7.10. The van der Waals surface area contributed by atoms with Crippen molar-refractivity contribution >= 4 is 22.4 Å². The van der Waals surface area contributed by atoms with Crippen LogP contribution in [0.2, 0.25) is 0 Å². The third kappa shape index (κ3) is 1.85. The van der Waals surface area contributed by atoms with Gasteiger partial charge in [0.1, 0.15) is 16.6 Å². The van der Waals surface area contributed by atoms with E-state index in [1.165, 1.54) is 18.0 Å². The summed E-state index contributed by atoms with van der Waals surface area (Å²) in [6, 6.07) is 2.15. The highest BCUT2D eigenvalue weighted by Crippen LogP contribution is 2.35. The maximum atomic E-state index is 9.03. The number of hydrogen-bond donors (Lipinski definition) is 1. The van der Waals surface area contributed by atoms with Crippen molar-refractivity contribution in [2.24, 2.45) is 11.8 Å². The van der Waals surface area contributed by atoms with Crippen LogP contribution in [0, 0.1) is 23.2 Å². The number of hydrogen-bond acceptors (Lipinski definition) is 5. The van der Waals surface area contributed by atoms with E-state index in [9.17, 15) is 0 Å². The molecule has 1 aromatic heterocycles. The van der Waals surface area contributed by atoms with Gasteiger partial charge < -0.3 is 10.6 Å². The molecular formula is C11H16N4S. The number of nitrogens with two attached hydrogens (primary N) is 1. The van der Waals surface area contributed by atoms with Gasteiger partial charge >= 0.3 is 0 Å². The van der Waals surface area contributed by atoms with E-state index < -0.39 is 0 Å². The van der Waals surface area contributed by atoms with Gasteiger partial charge in [0.05, 0.1) is 0 Å². The fourth-order valence-electron chi connectivity index (χ4n) is 2.13. The molecule has 2 N–H and O–H groups in total. The molecule has 4 nitrogen and oxygen atoms in total. The van der Waals surface area contributed by atoms with Gasteiger partial charge in [-0.15, -0.1) is 0 Å². The van der Waals surface area contributed by atoms with Gasteiger partial charge in [-0.25, -0.2) is 0 Å². The number of rotatable bonds is 2. The van der Waals surface area contributed by atoms with E-state index in [-0.39, 0.29) is 0 Å². The van der Waals surface area contributed by atoms with Crippen molar-refractivity contribution in [1.29, 1.82) is 5.26 Å². The molecule has 1 aliphatic rings. The average Bonchev–Trinajstić information content (AvgIpc) is 2.83. The summed E-state index contributed by atoms with van der Waals surface area (Å²) < 4.78 is 4.06. The lowest BCUT2D eigenvalue weighted by atomic mass is 9.95. The van der Waals surface area contributed by atoms with E-state index >= 15 is 0 Å². The lowest BCUT2D eigenvalue weighted by molar-refractivity contribution is 0.423. The normalized spacial score (nSPS) is 20.4. The first-order chi connectivity index (χ1) is 7.63. The van der Waals surface area contributed by atoms with Gasteiger partial charge in [0.25, 0.3) is 0 Å². The molecule has 1 atom stereocenters. The Balaban J connectivity index is 2.18. The van der Waals surface area contributed by atoms with Gasteiger partial charge in [-0.1, -0.05) is 13.8 Å². The molecule has 2 rings (SSSR count). The van der Waals surface area contributed by atoms with Gasteiger partial charge in [-0.3, -0.25) is 0 Å².